The summed E-state index contributed by atoms with van der Waals surface area (Å²) < 4.78 is 0. The van der Waals surface area contributed by atoms with E-state index in [0.29, 0.717) is 5.95 Å². The molecular formula is C21H23N5. The van der Waals surface area contributed by atoms with Crippen molar-refractivity contribution in [1.29, 1.82) is 0 Å². The second kappa shape index (κ2) is 7.12. The first kappa shape index (κ1) is 16.5. The van der Waals surface area contributed by atoms with Crippen molar-refractivity contribution in [2.45, 2.75) is 26.7 Å². The Kier molecular flexibility index (Phi) is 4.52. The van der Waals surface area contributed by atoms with Crippen LogP contribution in [0.25, 0.3) is 0 Å². The molecule has 5 nitrogen and oxygen atoms in total. The second-order valence-electron chi connectivity index (χ2n) is 6.58. The predicted molar refractivity (Wildman–Crippen MR) is 105 cm³/mol. The number of anilines is 4. The fourth-order valence-corrected chi connectivity index (χ4v) is 3.54. The second-order valence-corrected chi connectivity index (χ2v) is 6.58. The molecule has 0 aliphatic carbocycles. The van der Waals surface area contributed by atoms with Gasteiger partial charge in [-0.05, 0) is 56.0 Å². The highest BCUT2D eigenvalue weighted by atomic mass is 15.4. The van der Waals surface area contributed by atoms with Gasteiger partial charge in [0.15, 0.2) is 5.82 Å². The van der Waals surface area contributed by atoms with Gasteiger partial charge in [-0.25, -0.2) is 0 Å². The standard InChI is InChI=1S/C21H23N5/c1-3-25(18-11-6-8-16(2)14-18)21-23-20(15-22-24-21)26-13-7-10-17-9-4-5-12-19(17)26/h4-6,8-9,11-12,14-15H,3,7,10,13H2,1-2H3. The first-order chi connectivity index (χ1) is 12.8. The van der Waals surface area contributed by atoms with E-state index in [1.54, 1.807) is 6.20 Å². The quantitative estimate of drug-likeness (QED) is 0.700. The summed E-state index contributed by atoms with van der Waals surface area (Å²) in [4.78, 5) is 9.20. The minimum Gasteiger partial charge on any atom is -0.325 e. The molecule has 0 unspecified atom stereocenters. The highest BCUT2D eigenvalue weighted by molar-refractivity contribution is 5.66. The van der Waals surface area contributed by atoms with E-state index in [1.807, 2.05) is 0 Å². The van der Waals surface area contributed by atoms with Crippen molar-refractivity contribution >= 4 is 23.1 Å². The number of hydrogen-bond acceptors (Lipinski definition) is 5. The Morgan fingerprint density at radius 1 is 1.12 bits per heavy atom. The average Bonchev–Trinajstić information content (AvgIpc) is 2.68. The maximum absolute atomic E-state index is 4.85. The minimum absolute atomic E-state index is 0.638. The molecule has 1 aliphatic rings. The van der Waals surface area contributed by atoms with E-state index in [1.165, 1.54) is 16.8 Å². The van der Waals surface area contributed by atoms with Gasteiger partial charge in [0.25, 0.3) is 5.95 Å². The van der Waals surface area contributed by atoms with E-state index < -0.39 is 0 Å². The Balaban J connectivity index is 1.71. The van der Waals surface area contributed by atoms with E-state index in [-0.39, 0.29) is 0 Å². The minimum atomic E-state index is 0.638. The zero-order chi connectivity index (χ0) is 17.9. The summed E-state index contributed by atoms with van der Waals surface area (Å²) in [7, 11) is 0. The lowest BCUT2D eigenvalue weighted by molar-refractivity contribution is 0.751. The molecule has 2 aromatic carbocycles. The summed E-state index contributed by atoms with van der Waals surface area (Å²) in [6.07, 6.45) is 3.99. The van der Waals surface area contributed by atoms with Crippen molar-refractivity contribution in [3.05, 3.63) is 65.9 Å². The molecular weight excluding hydrogens is 322 g/mol. The molecule has 132 valence electrons. The van der Waals surface area contributed by atoms with Crippen LogP contribution in [0.5, 0.6) is 0 Å². The summed E-state index contributed by atoms with van der Waals surface area (Å²) in [6.45, 7) is 5.93. The van der Waals surface area contributed by atoms with E-state index in [0.717, 1.165) is 37.4 Å². The molecule has 26 heavy (non-hydrogen) atoms. The van der Waals surface area contributed by atoms with Crippen LogP contribution in [-0.4, -0.2) is 28.3 Å². The van der Waals surface area contributed by atoms with Gasteiger partial charge in [0, 0.05) is 24.5 Å². The highest BCUT2D eigenvalue weighted by Gasteiger charge is 2.20. The van der Waals surface area contributed by atoms with Crippen molar-refractivity contribution in [2.24, 2.45) is 0 Å². The number of rotatable bonds is 4. The van der Waals surface area contributed by atoms with E-state index in [2.05, 4.69) is 82.4 Å². The lowest BCUT2D eigenvalue weighted by Crippen LogP contribution is -2.27. The normalized spacial score (nSPS) is 13.4. The fourth-order valence-electron chi connectivity index (χ4n) is 3.54. The Labute approximate surface area is 154 Å². The van der Waals surface area contributed by atoms with Crippen LogP contribution in [0.1, 0.15) is 24.5 Å². The third-order valence-corrected chi connectivity index (χ3v) is 4.79. The van der Waals surface area contributed by atoms with Crippen LogP contribution in [0.15, 0.2) is 54.7 Å². The van der Waals surface area contributed by atoms with Gasteiger partial charge in [-0.2, -0.15) is 10.1 Å². The number of aromatic nitrogens is 3. The molecule has 2 heterocycles. The van der Waals surface area contributed by atoms with Gasteiger partial charge in [0.05, 0.1) is 6.20 Å². The van der Waals surface area contributed by atoms with Crippen LogP contribution in [-0.2, 0) is 6.42 Å². The van der Waals surface area contributed by atoms with E-state index in [9.17, 15) is 0 Å². The molecule has 4 rings (SSSR count). The van der Waals surface area contributed by atoms with E-state index >= 15 is 0 Å². The average molecular weight is 345 g/mol. The molecule has 0 saturated carbocycles. The number of para-hydroxylation sites is 1. The largest absolute Gasteiger partial charge is 0.325 e. The zero-order valence-corrected chi connectivity index (χ0v) is 15.3. The molecule has 5 heteroatoms. The molecule has 0 amide bonds. The molecule has 1 aliphatic heterocycles. The highest BCUT2D eigenvalue weighted by Crippen LogP contribution is 2.33. The molecule has 0 bridgehead atoms. The van der Waals surface area contributed by atoms with Crippen molar-refractivity contribution in [3.8, 4) is 0 Å². The van der Waals surface area contributed by atoms with Crippen molar-refractivity contribution in [2.75, 3.05) is 22.9 Å². The molecule has 0 spiro atoms. The van der Waals surface area contributed by atoms with Gasteiger partial charge >= 0.3 is 0 Å². The number of hydrogen-bond donors (Lipinski definition) is 0. The van der Waals surface area contributed by atoms with Crippen LogP contribution >= 0.6 is 0 Å². The van der Waals surface area contributed by atoms with Gasteiger partial charge in [0.1, 0.15) is 0 Å². The number of fused-ring (bicyclic) bond motifs is 1. The predicted octanol–water partition coefficient (Wildman–Crippen LogP) is 4.42. The number of benzene rings is 2. The lowest BCUT2D eigenvalue weighted by Gasteiger charge is -2.30. The molecule has 0 N–H and O–H groups in total. The fraction of sp³-hybridized carbons (Fsp3) is 0.286. The van der Waals surface area contributed by atoms with E-state index in [4.69, 9.17) is 4.98 Å². The van der Waals surface area contributed by atoms with Crippen molar-refractivity contribution in [3.63, 3.8) is 0 Å². The maximum atomic E-state index is 4.85. The topological polar surface area (TPSA) is 45.2 Å². The first-order valence-corrected chi connectivity index (χ1v) is 9.15. The summed E-state index contributed by atoms with van der Waals surface area (Å²) in [6, 6.07) is 16.9. The van der Waals surface area contributed by atoms with Gasteiger partial charge in [-0.1, -0.05) is 30.3 Å². The summed E-state index contributed by atoms with van der Waals surface area (Å²) >= 11 is 0. The molecule has 3 aromatic rings. The Hall–Kier alpha value is -2.95. The molecule has 0 fully saturated rings. The number of aryl methyl sites for hydroxylation is 2. The molecule has 0 radical (unpaired) electrons. The van der Waals surface area contributed by atoms with Crippen LogP contribution in [0.3, 0.4) is 0 Å². The lowest BCUT2D eigenvalue weighted by atomic mass is 10.0. The van der Waals surface area contributed by atoms with Gasteiger partial charge in [-0.3, -0.25) is 0 Å². The van der Waals surface area contributed by atoms with Crippen molar-refractivity contribution in [1.82, 2.24) is 15.2 Å². The van der Waals surface area contributed by atoms with Gasteiger partial charge in [0.2, 0.25) is 0 Å². The molecule has 0 saturated heterocycles. The van der Waals surface area contributed by atoms with Crippen LogP contribution in [0, 0.1) is 6.92 Å². The Morgan fingerprint density at radius 3 is 2.85 bits per heavy atom. The third-order valence-electron chi connectivity index (χ3n) is 4.79. The smallest absolute Gasteiger partial charge is 0.251 e. The Bertz CT molecular complexity index is 908. The third kappa shape index (κ3) is 3.12. The maximum Gasteiger partial charge on any atom is 0.251 e. The summed E-state index contributed by atoms with van der Waals surface area (Å²) in [5, 5.41) is 8.56. The van der Waals surface area contributed by atoms with Crippen LogP contribution < -0.4 is 9.80 Å². The molecule has 1 aromatic heterocycles. The summed E-state index contributed by atoms with van der Waals surface area (Å²) in [5.41, 5.74) is 4.90. The molecule has 0 atom stereocenters. The summed E-state index contributed by atoms with van der Waals surface area (Å²) in [5.74, 6) is 1.49. The van der Waals surface area contributed by atoms with Gasteiger partial charge in [-0.15, -0.1) is 5.10 Å². The SMILES string of the molecule is CCN(c1cccc(C)c1)c1nncc(N2CCCc3ccccc32)n1. The van der Waals surface area contributed by atoms with Gasteiger partial charge < -0.3 is 9.80 Å². The van der Waals surface area contributed by atoms with Crippen LogP contribution in [0.4, 0.5) is 23.1 Å². The van der Waals surface area contributed by atoms with Crippen molar-refractivity contribution < 1.29 is 0 Å². The zero-order valence-electron chi connectivity index (χ0n) is 15.3. The monoisotopic (exact) mass is 345 g/mol. The van der Waals surface area contributed by atoms with Crippen LogP contribution in [0.2, 0.25) is 0 Å². The first-order valence-electron chi connectivity index (χ1n) is 9.15. The Morgan fingerprint density at radius 2 is 2.00 bits per heavy atom. The number of nitrogens with zero attached hydrogens (tertiary/aromatic N) is 5.